The van der Waals surface area contributed by atoms with Crippen LogP contribution in [0.3, 0.4) is 0 Å². The van der Waals surface area contributed by atoms with Crippen LogP contribution >= 0.6 is 23.1 Å². The number of imidazole rings is 1. The molecular weight excluding hydrogens is 510 g/mol. The molecular formula is C21H23N7O4S3. The molecule has 35 heavy (non-hydrogen) atoms. The molecule has 0 amide bonds. The highest BCUT2D eigenvalue weighted by atomic mass is 32.2. The third-order valence-corrected chi connectivity index (χ3v) is 8.68. The first-order valence-corrected chi connectivity index (χ1v) is 14.1. The maximum absolute atomic E-state index is 12.3. The minimum Gasteiger partial charge on any atom is -0.454 e. The third-order valence-electron chi connectivity index (χ3n) is 5.07. The number of sulfonamides is 1. The van der Waals surface area contributed by atoms with Crippen molar-refractivity contribution in [2.24, 2.45) is 5.92 Å². The number of hydrogen-bond acceptors (Lipinski definition) is 11. The summed E-state index contributed by atoms with van der Waals surface area (Å²) in [5.74, 6) is 1.62. The number of nitrogen functional groups attached to an aromatic ring is 1. The molecule has 3 aromatic heterocycles. The van der Waals surface area contributed by atoms with Crippen LogP contribution in [0.1, 0.15) is 13.8 Å². The molecule has 0 saturated heterocycles. The summed E-state index contributed by atoms with van der Waals surface area (Å²) in [6, 6.07) is 3.80. The van der Waals surface area contributed by atoms with Crippen molar-refractivity contribution >= 4 is 50.1 Å². The van der Waals surface area contributed by atoms with E-state index < -0.39 is 10.0 Å². The molecule has 0 unspecified atom stereocenters. The molecule has 0 saturated carbocycles. The first kappa shape index (κ1) is 23.8. The fourth-order valence-corrected chi connectivity index (χ4v) is 6.84. The van der Waals surface area contributed by atoms with Crippen molar-refractivity contribution < 1.29 is 17.9 Å². The predicted molar refractivity (Wildman–Crippen MR) is 134 cm³/mol. The number of ether oxygens (including phenoxy) is 2. The van der Waals surface area contributed by atoms with Crippen molar-refractivity contribution in [3.63, 3.8) is 0 Å². The number of aromatic nitrogens is 5. The molecule has 0 spiro atoms. The van der Waals surface area contributed by atoms with Crippen LogP contribution in [-0.2, 0) is 16.6 Å². The van der Waals surface area contributed by atoms with Crippen LogP contribution in [0.4, 0.5) is 5.82 Å². The van der Waals surface area contributed by atoms with E-state index >= 15 is 0 Å². The lowest BCUT2D eigenvalue weighted by Crippen LogP contribution is -2.31. The minimum atomic E-state index is -3.40. The number of nitrogens with two attached hydrogens (primary N) is 1. The molecule has 0 atom stereocenters. The van der Waals surface area contributed by atoms with E-state index in [1.54, 1.807) is 6.20 Å². The Balaban J connectivity index is 1.51. The molecule has 11 nitrogen and oxygen atoms in total. The summed E-state index contributed by atoms with van der Waals surface area (Å²) in [7, 11) is -3.40. The number of nitrogens with zero attached hydrogens (tertiary/aromatic N) is 5. The average molecular weight is 534 g/mol. The molecule has 0 fully saturated rings. The van der Waals surface area contributed by atoms with Gasteiger partial charge in [-0.2, -0.15) is 0 Å². The van der Waals surface area contributed by atoms with Gasteiger partial charge in [0, 0.05) is 35.1 Å². The number of fused-ring (bicyclic) bond motifs is 2. The lowest BCUT2D eigenvalue weighted by molar-refractivity contribution is 0.174. The maximum atomic E-state index is 12.3. The van der Waals surface area contributed by atoms with E-state index in [-0.39, 0.29) is 30.8 Å². The van der Waals surface area contributed by atoms with Crippen molar-refractivity contribution in [1.29, 1.82) is 0 Å². The highest BCUT2D eigenvalue weighted by Gasteiger charge is 2.23. The quantitative estimate of drug-likeness (QED) is 0.329. The van der Waals surface area contributed by atoms with Crippen LogP contribution in [0.15, 0.2) is 40.1 Å². The number of nitrogens with one attached hydrogen (secondary N) is 1. The first-order valence-electron chi connectivity index (χ1n) is 10.8. The van der Waals surface area contributed by atoms with Crippen LogP contribution in [0.25, 0.3) is 21.7 Å². The number of benzene rings is 1. The van der Waals surface area contributed by atoms with Crippen molar-refractivity contribution in [3.8, 4) is 22.1 Å². The zero-order valence-electron chi connectivity index (χ0n) is 19.0. The summed E-state index contributed by atoms with van der Waals surface area (Å²) in [6.07, 6.45) is 3.11. The Kier molecular flexibility index (Phi) is 6.53. The predicted octanol–water partition coefficient (Wildman–Crippen LogP) is 2.99. The van der Waals surface area contributed by atoms with Crippen LogP contribution in [0.5, 0.6) is 11.5 Å². The van der Waals surface area contributed by atoms with Gasteiger partial charge in [0.1, 0.15) is 11.3 Å². The summed E-state index contributed by atoms with van der Waals surface area (Å²) in [4.78, 5) is 18.4. The largest absolute Gasteiger partial charge is 0.454 e. The van der Waals surface area contributed by atoms with Crippen LogP contribution < -0.4 is 19.9 Å². The number of rotatable bonds is 9. The van der Waals surface area contributed by atoms with Gasteiger partial charge in [0.2, 0.25) is 16.8 Å². The monoisotopic (exact) mass is 533 g/mol. The Labute approximate surface area is 210 Å². The van der Waals surface area contributed by atoms with E-state index in [1.165, 1.54) is 29.4 Å². The van der Waals surface area contributed by atoms with Gasteiger partial charge < -0.3 is 19.8 Å². The smallest absolute Gasteiger partial charge is 0.231 e. The van der Waals surface area contributed by atoms with E-state index in [4.69, 9.17) is 20.2 Å². The lowest BCUT2D eigenvalue weighted by atomic mass is 10.2. The Morgan fingerprint density at radius 1 is 1.23 bits per heavy atom. The second-order valence-corrected chi connectivity index (χ2v) is 11.9. The molecule has 14 heteroatoms. The Morgan fingerprint density at radius 3 is 2.77 bits per heavy atom. The van der Waals surface area contributed by atoms with Gasteiger partial charge in [-0.15, -0.1) is 11.3 Å². The van der Waals surface area contributed by atoms with Crippen molar-refractivity contribution in [2.75, 3.05) is 24.8 Å². The zero-order valence-corrected chi connectivity index (χ0v) is 21.4. The maximum Gasteiger partial charge on any atom is 0.231 e. The molecule has 1 aliphatic heterocycles. The molecule has 1 aliphatic rings. The summed E-state index contributed by atoms with van der Waals surface area (Å²) in [5, 5.41) is 3.32. The van der Waals surface area contributed by atoms with Crippen molar-refractivity contribution in [1.82, 2.24) is 29.2 Å². The summed E-state index contributed by atoms with van der Waals surface area (Å²) in [6.45, 7) is 4.37. The summed E-state index contributed by atoms with van der Waals surface area (Å²) >= 11 is 2.90. The van der Waals surface area contributed by atoms with Gasteiger partial charge in [-0.1, -0.05) is 25.6 Å². The molecule has 0 radical (unpaired) electrons. The molecule has 4 aromatic rings. The Bertz CT molecular complexity index is 1470. The molecule has 0 aliphatic carbocycles. The van der Waals surface area contributed by atoms with E-state index in [2.05, 4.69) is 19.7 Å². The van der Waals surface area contributed by atoms with Gasteiger partial charge in [-0.25, -0.2) is 33.1 Å². The van der Waals surface area contributed by atoms with Crippen LogP contribution in [-0.4, -0.2) is 52.0 Å². The number of hydrogen-bond donors (Lipinski definition) is 2. The lowest BCUT2D eigenvalue weighted by Gasteiger charge is -2.12. The highest BCUT2D eigenvalue weighted by molar-refractivity contribution is 7.99. The van der Waals surface area contributed by atoms with Gasteiger partial charge in [-0.05, 0) is 18.1 Å². The molecule has 0 bridgehead atoms. The normalized spacial score (nSPS) is 13.2. The number of anilines is 1. The SMILES string of the molecule is CC(C)CS(=O)(=O)NCCn1c(Sc2cc3c(cc2-c2nccs2)OCO3)nc2c(N)ncnc21. The fourth-order valence-electron chi connectivity index (χ4n) is 3.65. The van der Waals surface area contributed by atoms with Gasteiger partial charge in [0.25, 0.3) is 0 Å². The van der Waals surface area contributed by atoms with Gasteiger partial charge in [0.05, 0.1) is 5.75 Å². The molecule has 5 rings (SSSR count). The molecule has 1 aromatic carbocycles. The average Bonchev–Trinajstić information content (AvgIpc) is 3.53. The van der Waals surface area contributed by atoms with Crippen molar-refractivity contribution in [3.05, 3.63) is 30.0 Å². The Morgan fingerprint density at radius 2 is 2.03 bits per heavy atom. The highest BCUT2D eigenvalue weighted by Crippen LogP contribution is 2.45. The standard InChI is InChI=1S/C21H23N7O4S3/c1-12(2)9-35(29,30)26-3-5-28-19-17(18(22)24-10-25-19)27-21(28)34-16-8-15-14(31-11-32-15)7-13(16)20-23-4-6-33-20/h4,6-8,10,12,26H,3,5,9,11H2,1-2H3,(H2,22,24,25). The van der Waals surface area contributed by atoms with E-state index in [0.717, 1.165) is 15.5 Å². The van der Waals surface area contributed by atoms with Gasteiger partial charge >= 0.3 is 0 Å². The zero-order chi connectivity index (χ0) is 24.6. The topological polar surface area (TPSA) is 147 Å². The van der Waals surface area contributed by atoms with E-state index in [9.17, 15) is 8.42 Å². The Hall–Kier alpha value is -2.94. The minimum absolute atomic E-state index is 0.0236. The van der Waals surface area contributed by atoms with E-state index in [1.807, 2.05) is 35.9 Å². The van der Waals surface area contributed by atoms with Gasteiger partial charge in [0.15, 0.2) is 33.6 Å². The number of thiazole rings is 1. The summed E-state index contributed by atoms with van der Waals surface area (Å²) < 4.78 is 40.3. The second kappa shape index (κ2) is 9.60. The van der Waals surface area contributed by atoms with Crippen molar-refractivity contribution in [2.45, 2.75) is 30.4 Å². The molecule has 3 N–H and O–H groups in total. The summed E-state index contributed by atoms with van der Waals surface area (Å²) in [5.41, 5.74) is 7.93. The fraction of sp³-hybridized carbons (Fsp3) is 0.333. The molecule has 4 heterocycles. The second-order valence-electron chi connectivity index (χ2n) is 8.19. The van der Waals surface area contributed by atoms with Crippen LogP contribution in [0.2, 0.25) is 0 Å². The van der Waals surface area contributed by atoms with E-state index in [0.29, 0.717) is 34.4 Å². The third kappa shape index (κ3) is 5.05. The first-order chi connectivity index (χ1) is 16.8. The molecule has 184 valence electrons. The van der Waals surface area contributed by atoms with Gasteiger partial charge in [-0.3, -0.25) is 0 Å². The van der Waals surface area contributed by atoms with Crippen LogP contribution in [0, 0.1) is 5.92 Å².